The Morgan fingerprint density at radius 3 is 2.94 bits per heavy atom. The molecule has 1 aromatic carbocycles. The molecule has 0 N–H and O–H groups in total. The van der Waals surface area contributed by atoms with E-state index in [1.54, 1.807) is 0 Å². The number of carbonyl (C=O) groups is 1. The zero-order valence-corrected chi connectivity index (χ0v) is 9.78. The van der Waals surface area contributed by atoms with Gasteiger partial charge in [0, 0.05) is 0 Å². The number of halogens is 1. The molecule has 1 unspecified atom stereocenters. The highest BCUT2D eigenvalue weighted by Crippen LogP contribution is 2.24. The van der Waals surface area contributed by atoms with Crippen LogP contribution in [0.5, 0.6) is 5.75 Å². The molecule has 0 amide bonds. The van der Waals surface area contributed by atoms with E-state index in [-0.39, 0.29) is 11.9 Å². The van der Waals surface area contributed by atoms with Gasteiger partial charge in [-0.05, 0) is 50.5 Å². The van der Waals surface area contributed by atoms with Gasteiger partial charge in [0.25, 0.3) is 0 Å². The van der Waals surface area contributed by atoms with Crippen molar-refractivity contribution in [2.45, 2.75) is 32.3 Å². The Bertz CT molecular complexity index is 452. The quantitative estimate of drug-likeness (QED) is 0.591. The van der Waals surface area contributed by atoms with Gasteiger partial charge in [-0.2, -0.15) is 0 Å². The highest BCUT2D eigenvalue weighted by molar-refractivity contribution is 5.96. The summed E-state index contributed by atoms with van der Waals surface area (Å²) in [7, 11) is 0. The van der Waals surface area contributed by atoms with Gasteiger partial charge in [0.05, 0.1) is 5.56 Å². The summed E-state index contributed by atoms with van der Waals surface area (Å²) in [4.78, 5) is 11.4. The molecule has 2 nitrogen and oxygen atoms in total. The molecular formula is C14H15FO2. The highest BCUT2D eigenvalue weighted by Gasteiger charge is 2.15. The Balaban J connectivity index is 2.22. The second kappa shape index (κ2) is 5.13. The summed E-state index contributed by atoms with van der Waals surface area (Å²) in [6, 6.07) is 4.06. The summed E-state index contributed by atoms with van der Waals surface area (Å²) in [5, 5.41) is 0. The normalized spacial score (nSPS) is 19.1. The highest BCUT2D eigenvalue weighted by atomic mass is 19.1. The van der Waals surface area contributed by atoms with Crippen molar-refractivity contribution < 1.29 is 13.9 Å². The lowest BCUT2D eigenvalue weighted by atomic mass is 10.0. The standard InChI is InChI=1S/C14H15FO2/c1-10(16)13-9-11(15)7-8-14(13)17-12-5-3-2-4-6-12/h3,5,7-9,12H,2,4,6H2,1H3. The molecule has 0 saturated carbocycles. The van der Waals surface area contributed by atoms with E-state index < -0.39 is 5.82 Å². The van der Waals surface area contributed by atoms with Crippen LogP contribution in [0, 0.1) is 5.82 Å². The topological polar surface area (TPSA) is 26.3 Å². The summed E-state index contributed by atoms with van der Waals surface area (Å²) in [6.45, 7) is 1.42. The third kappa shape index (κ3) is 2.93. The first-order valence-corrected chi connectivity index (χ1v) is 5.80. The van der Waals surface area contributed by atoms with Gasteiger partial charge in [0.2, 0.25) is 0 Å². The first kappa shape index (κ1) is 11.8. The van der Waals surface area contributed by atoms with E-state index in [1.807, 2.05) is 6.08 Å². The van der Waals surface area contributed by atoms with Crippen LogP contribution in [-0.4, -0.2) is 11.9 Å². The van der Waals surface area contributed by atoms with Crippen molar-refractivity contribution in [3.63, 3.8) is 0 Å². The molecule has 0 bridgehead atoms. The molecule has 1 aliphatic carbocycles. The van der Waals surface area contributed by atoms with Crippen LogP contribution in [0.2, 0.25) is 0 Å². The van der Waals surface area contributed by atoms with E-state index in [1.165, 1.54) is 25.1 Å². The molecule has 0 radical (unpaired) electrons. The molecule has 0 heterocycles. The van der Waals surface area contributed by atoms with Gasteiger partial charge in [-0.25, -0.2) is 4.39 Å². The predicted octanol–water partition coefficient (Wildman–Crippen LogP) is 3.52. The molecule has 3 heteroatoms. The average molecular weight is 234 g/mol. The largest absolute Gasteiger partial charge is 0.486 e. The second-order valence-electron chi connectivity index (χ2n) is 4.21. The minimum Gasteiger partial charge on any atom is -0.486 e. The van der Waals surface area contributed by atoms with Crippen LogP contribution < -0.4 is 4.74 Å². The first-order chi connectivity index (χ1) is 8.16. The molecule has 1 aromatic rings. The number of carbonyl (C=O) groups excluding carboxylic acids is 1. The van der Waals surface area contributed by atoms with Crippen LogP contribution in [0.3, 0.4) is 0 Å². The molecule has 0 aliphatic heterocycles. The fraction of sp³-hybridized carbons (Fsp3) is 0.357. The minimum atomic E-state index is -0.415. The van der Waals surface area contributed by atoms with E-state index in [4.69, 9.17) is 4.74 Å². The average Bonchev–Trinajstić information content (AvgIpc) is 2.32. The van der Waals surface area contributed by atoms with Crippen molar-refractivity contribution in [3.8, 4) is 5.75 Å². The Morgan fingerprint density at radius 2 is 2.29 bits per heavy atom. The van der Waals surface area contributed by atoms with Crippen molar-refractivity contribution in [3.05, 3.63) is 41.7 Å². The first-order valence-electron chi connectivity index (χ1n) is 5.80. The number of rotatable bonds is 3. The molecule has 90 valence electrons. The lowest BCUT2D eigenvalue weighted by Gasteiger charge is -2.19. The van der Waals surface area contributed by atoms with Gasteiger partial charge >= 0.3 is 0 Å². The maximum Gasteiger partial charge on any atom is 0.163 e. The maximum absolute atomic E-state index is 13.1. The molecule has 0 spiro atoms. The molecule has 1 aliphatic rings. The van der Waals surface area contributed by atoms with Gasteiger partial charge in [-0.1, -0.05) is 6.08 Å². The number of hydrogen-bond donors (Lipinski definition) is 0. The molecule has 0 aromatic heterocycles. The molecule has 0 fully saturated rings. The van der Waals surface area contributed by atoms with Crippen molar-refractivity contribution in [2.75, 3.05) is 0 Å². The second-order valence-corrected chi connectivity index (χ2v) is 4.21. The third-order valence-corrected chi connectivity index (χ3v) is 2.81. The van der Waals surface area contributed by atoms with Crippen LogP contribution in [0.25, 0.3) is 0 Å². The van der Waals surface area contributed by atoms with Crippen LogP contribution in [-0.2, 0) is 0 Å². The van der Waals surface area contributed by atoms with Crippen molar-refractivity contribution in [1.29, 1.82) is 0 Å². The molecular weight excluding hydrogens is 219 g/mol. The van der Waals surface area contributed by atoms with Crippen LogP contribution in [0.4, 0.5) is 4.39 Å². The fourth-order valence-corrected chi connectivity index (χ4v) is 1.92. The smallest absolute Gasteiger partial charge is 0.163 e. The predicted molar refractivity (Wildman–Crippen MR) is 63.8 cm³/mol. The molecule has 1 atom stereocenters. The van der Waals surface area contributed by atoms with Crippen LogP contribution in [0.15, 0.2) is 30.4 Å². The summed E-state index contributed by atoms with van der Waals surface area (Å²) in [6.07, 6.45) is 7.15. The van der Waals surface area contributed by atoms with E-state index in [2.05, 4.69) is 6.08 Å². The third-order valence-electron chi connectivity index (χ3n) is 2.81. The van der Waals surface area contributed by atoms with E-state index in [0.717, 1.165) is 19.3 Å². The molecule has 2 rings (SSSR count). The lowest BCUT2D eigenvalue weighted by molar-refractivity contribution is 0.101. The summed E-state index contributed by atoms with van der Waals surface area (Å²) in [5.74, 6) is -0.128. The van der Waals surface area contributed by atoms with Gasteiger partial charge in [-0.3, -0.25) is 4.79 Å². The zero-order chi connectivity index (χ0) is 12.3. The maximum atomic E-state index is 13.1. The minimum absolute atomic E-state index is 0.00712. The van der Waals surface area contributed by atoms with Gasteiger partial charge in [0.15, 0.2) is 5.78 Å². The zero-order valence-electron chi connectivity index (χ0n) is 9.78. The molecule has 0 saturated heterocycles. The van der Waals surface area contributed by atoms with E-state index in [0.29, 0.717) is 11.3 Å². The lowest BCUT2D eigenvalue weighted by Crippen LogP contribution is -2.17. The summed E-state index contributed by atoms with van der Waals surface area (Å²) >= 11 is 0. The Morgan fingerprint density at radius 1 is 1.47 bits per heavy atom. The van der Waals surface area contributed by atoms with Crippen molar-refractivity contribution in [1.82, 2.24) is 0 Å². The number of benzene rings is 1. The fourth-order valence-electron chi connectivity index (χ4n) is 1.92. The Labute approximate surface area is 100 Å². The van der Waals surface area contributed by atoms with Crippen molar-refractivity contribution in [2.24, 2.45) is 0 Å². The number of ether oxygens (including phenoxy) is 1. The van der Waals surface area contributed by atoms with Gasteiger partial charge in [0.1, 0.15) is 17.7 Å². The van der Waals surface area contributed by atoms with Crippen molar-refractivity contribution >= 4 is 5.78 Å². The number of hydrogen-bond acceptors (Lipinski definition) is 2. The van der Waals surface area contributed by atoms with E-state index >= 15 is 0 Å². The Kier molecular flexibility index (Phi) is 3.57. The van der Waals surface area contributed by atoms with E-state index in [9.17, 15) is 9.18 Å². The number of Topliss-reactive ketones (excluding diaryl/α,β-unsaturated/α-hetero) is 1. The van der Waals surface area contributed by atoms with Gasteiger partial charge < -0.3 is 4.74 Å². The SMILES string of the molecule is CC(=O)c1cc(F)ccc1OC1C=CCCC1. The Hall–Kier alpha value is -1.64. The number of ketones is 1. The molecule has 17 heavy (non-hydrogen) atoms. The monoisotopic (exact) mass is 234 g/mol. The number of allylic oxidation sites excluding steroid dienone is 1. The van der Waals surface area contributed by atoms with Crippen LogP contribution >= 0.6 is 0 Å². The summed E-state index contributed by atoms with van der Waals surface area (Å²) in [5.41, 5.74) is 0.309. The van der Waals surface area contributed by atoms with Crippen LogP contribution in [0.1, 0.15) is 36.5 Å². The van der Waals surface area contributed by atoms with Gasteiger partial charge in [-0.15, -0.1) is 0 Å². The summed E-state index contributed by atoms with van der Waals surface area (Å²) < 4.78 is 18.8.